The maximum Gasteiger partial charge on any atom is 0.338 e. The molecule has 224 valence electrons. The van der Waals surface area contributed by atoms with Gasteiger partial charge in [0.2, 0.25) is 0 Å². The van der Waals surface area contributed by atoms with Crippen molar-refractivity contribution in [3.05, 3.63) is 131 Å². The van der Waals surface area contributed by atoms with E-state index in [4.69, 9.17) is 9.47 Å². The first kappa shape index (κ1) is 28.6. The Morgan fingerprint density at radius 2 is 1.16 bits per heavy atom. The van der Waals surface area contributed by atoms with Crippen LogP contribution in [-0.4, -0.2) is 18.5 Å². The zero-order chi connectivity index (χ0) is 31.2. The van der Waals surface area contributed by atoms with Crippen molar-refractivity contribution >= 4 is 44.9 Å². The molecular formula is C40H35NO4. The van der Waals surface area contributed by atoms with Crippen LogP contribution in [0.15, 0.2) is 103 Å². The van der Waals surface area contributed by atoms with E-state index in [9.17, 15) is 9.59 Å². The maximum absolute atomic E-state index is 12.3. The summed E-state index contributed by atoms with van der Waals surface area (Å²) in [5.41, 5.74) is 9.08. The van der Waals surface area contributed by atoms with E-state index in [1.54, 1.807) is 13.8 Å². The highest BCUT2D eigenvalue weighted by atomic mass is 16.5. The highest BCUT2D eigenvalue weighted by Gasteiger charge is 2.25. The molecule has 0 saturated carbocycles. The summed E-state index contributed by atoms with van der Waals surface area (Å²) in [4.78, 5) is 27.1. The van der Waals surface area contributed by atoms with E-state index in [0.29, 0.717) is 22.6 Å². The SMILES string of the molecule is C=C(C)C(=O)Oc1ccc2cc(N(CCc3ccccc3)c3cc4c5c(c(OC(=O)C(=C)C)ccc5c3)CC4)cc3c2c1CC3. The lowest BCUT2D eigenvalue weighted by molar-refractivity contribution is -0.131. The van der Waals surface area contributed by atoms with Gasteiger partial charge in [-0.25, -0.2) is 9.59 Å². The van der Waals surface area contributed by atoms with Crippen LogP contribution in [0, 0.1) is 0 Å². The normalized spacial score (nSPS) is 12.8. The van der Waals surface area contributed by atoms with Gasteiger partial charge in [0.25, 0.3) is 0 Å². The topological polar surface area (TPSA) is 55.8 Å². The molecule has 5 heteroatoms. The molecule has 2 aliphatic rings. The van der Waals surface area contributed by atoms with E-state index < -0.39 is 11.9 Å². The van der Waals surface area contributed by atoms with E-state index in [1.165, 1.54) is 27.5 Å². The third kappa shape index (κ3) is 5.29. The standard InChI is InChI=1S/C40H35NO4/c1-24(2)39(42)44-35-16-12-29-22-31(20-27-10-14-33(35)37(27)29)41(19-18-26-8-6-5-7-9-26)32-21-28-11-15-34-36(45-40(43)25(3)4)17-13-30(23-32)38(28)34/h5-9,12-13,16-17,20-23H,1,3,10-11,14-15,18-19H2,2,4H3. The largest absolute Gasteiger partial charge is 0.423 e. The Morgan fingerprint density at radius 3 is 1.62 bits per heavy atom. The number of nitrogens with zero attached hydrogens (tertiary/aromatic N) is 1. The molecule has 0 spiro atoms. The summed E-state index contributed by atoms with van der Waals surface area (Å²) in [5.74, 6) is 0.474. The molecule has 0 radical (unpaired) electrons. The van der Waals surface area contributed by atoms with Crippen LogP contribution in [0.1, 0.15) is 41.7 Å². The maximum atomic E-state index is 12.3. The minimum atomic E-state index is -0.392. The van der Waals surface area contributed by atoms with Gasteiger partial charge >= 0.3 is 11.9 Å². The lowest BCUT2D eigenvalue weighted by Crippen LogP contribution is -2.20. The van der Waals surface area contributed by atoms with Gasteiger partial charge in [0, 0.05) is 40.2 Å². The molecule has 2 aliphatic carbocycles. The van der Waals surface area contributed by atoms with E-state index in [2.05, 4.69) is 84.8 Å². The van der Waals surface area contributed by atoms with E-state index >= 15 is 0 Å². The monoisotopic (exact) mass is 593 g/mol. The molecule has 7 rings (SSSR count). The number of benzene rings is 5. The number of hydrogen-bond acceptors (Lipinski definition) is 5. The van der Waals surface area contributed by atoms with Crippen molar-refractivity contribution in [2.24, 2.45) is 0 Å². The van der Waals surface area contributed by atoms with Gasteiger partial charge in [-0.1, -0.05) is 55.6 Å². The number of aryl methyl sites for hydroxylation is 4. The van der Waals surface area contributed by atoms with Gasteiger partial charge in [0.1, 0.15) is 11.5 Å². The molecule has 0 unspecified atom stereocenters. The van der Waals surface area contributed by atoms with Crippen LogP contribution in [0.5, 0.6) is 11.5 Å². The van der Waals surface area contributed by atoms with E-state index in [0.717, 1.165) is 71.9 Å². The summed E-state index contributed by atoms with van der Waals surface area (Å²) >= 11 is 0. The van der Waals surface area contributed by atoms with Crippen LogP contribution in [-0.2, 0) is 41.7 Å². The third-order valence-electron chi connectivity index (χ3n) is 8.98. The predicted octanol–water partition coefficient (Wildman–Crippen LogP) is 8.53. The van der Waals surface area contributed by atoms with Crippen LogP contribution in [0.3, 0.4) is 0 Å². The molecule has 5 aromatic carbocycles. The van der Waals surface area contributed by atoms with Crippen LogP contribution in [0.2, 0.25) is 0 Å². The molecule has 5 nitrogen and oxygen atoms in total. The molecule has 0 aromatic heterocycles. The van der Waals surface area contributed by atoms with Gasteiger partial charge in [0.05, 0.1) is 0 Å². The van der Waals surface area contributed by atoms with E-state index in [-0.39, 0.29) is 0 Å². The lowest BCUT2D eigenvalue weighted by atomic mass is 10.0. The summed E-state index contributed by atoms with van der Waals surface area (Å²) in [5, 5.41) is 4.66. The first-order valence-corrected chi connectivity index (χ1v) is 15.5. The molecule has 0 amide bonds. The van der Waals surface area contributed by atoms with Gasteiger partial charge in [-0.2, -0.15) is 0 Å². The summed E-state index contributed by atoms with van der Waals surface area (Å²) in [6.45, 7) is 11.6. The van der Waals surface area contributed by atoms with Crippen LogP contribution in [0.25, 0.3) is 21.5 Å². The Hall–Kier alpha value is -5.16. The van der Waals surface area contributed by atoms with Crippen LogP contribution in [0.4, 0.5) is 11.4 Å². The zero-order valence-corrected chi connectivity index (χ0v) is 25.7. The van der Waals surface area contributed by atoms with Crippen molar-refractivity contribution in [3.63, 3.8) is 0 Å². The molecule has 0 saturated heterocycles. The predicted molar refractivity (Wildman–Crippen MR) is 181 cm³/mol. The molecule has 5 aromatic rings. The van der Waals surface area contributed by atoms with Gasteiger partial charge < -0.3 is 14.4 Å². The molecular weight excluding hydrogens is 558 g/mol. The number of rotatable bonds is 9. The van der Waals surface area contributed by atoms with Crippen molar-refractivity contribution < 1.29 is 19.1 Å². The average Bonchev–Trinajstić information content (AvgIpc) is 3.67. The van der Waals surface area contributed by atoms with Crippen LogP contribution >= 0.6 is 0 Å². The fourth-order valence-electron chi connectivity index (χ4n) is 6.78. The number of hydrogen-bond donors (Lipinski definition) is 0. The first-order chi connectivity index (χ1) is 21.8. The van der Waals surface area contributed by atoms with Gasteiger partial charge in [0.15, 0.2) is 0 Å². The summed E-state index contributed by atoms with van der Waals surface area (Å²) < 4.78 is 11.4. The van der Waals surface area contributed by atoms with Crippen LogP contribution < -0.4 is 14.4 Å². The number of ether oxygens (including phenoxy) is 2. The van der Waals surface area contributed by atoms with Crippen molar-refractivity contribution in [3.8, 4) is 11.5 Å². The Bertz CT molecular complexity index is 1930. The Morgan fingerprint density at radius 1 is 0.667 bits per heavy atom. The summed E-state index contributed by atoms with van der Waals surface area (Å²) in [7, 11) is 0. The van der Waals surface area contributed by atoms with Gasteiger partial charge in [-0.15, -0.1) is 0 Å². The molecule has 0 aliphatic heterocycles. The lowest BCUT2D eigenvalue weighted by Gasteiger charge is -2.27. The van der Waals surface area contributed by atoms with Crippen molar-refractivity contribution in [2.45, 2.75) is 46.0 Å². The third-order valence-corrected chi connectivity index (χ3v) is 8.98. The van der Waals surface area contributed by atoms with Gasteiger partial charge in [-0.05, 0) is 121 Å². The second-order valence-corrected chi connectivity index (χ2v) is 12.2. The summed E-state index contributed by atoms with van der Waals surface area (Å²) in [6.07, 6.45) is 4.35. The average molecular weight is 594 g/mol. The summed E-state index contributed by atoms with van der Waals surface area (Å²) in [6, 6.07) is 27.7. The van der Waals surface area contributed by atoms with Crippen molar-refractivity contribution in [1.29, 1.82) is 0 Å². The van der Waals surface area contributed by atoms with Crippen molar-refractivity contribution in [2.75, 3.05) is 11.4 Å². The smallest absolute Gasteiger partial charge is 0.338 e. The second kappa shape index (κ2) is 11.4. The highest BCUT2D eigenvalue weighted by Crippen LogP contribution is 2.43. The molecule has 45 heavy (non-hydrogen) atoms. The Kier molecular flexibility index (Phi) is 7.25. The van der Waals surface area contributed by atoms with Crippen molar-refractivity contribution in [1.82, 2.24) is 0 Å². The number of carbonyl (C=O) groups excluding carboxylic acids is 2. The number of anilines is 2. The minimum absolute atomic E-state index is 0.389. The first-order valence-electron chi connectivity index (χ1n) is 15.5. The minimum Gasteiger partial charge on any atom is -0.423 e. The molecule has 0 heterocycles. The number of esters is 2. The quantitative estimate of drug-likeness (QED) is 0.0974. The zero-order valence-electron chi connectivity index (χ0n) is 25.7. The molecule has 0 bridgehead atoms. The fourth-order valence-corrected chi connectivity index (χ4v) is 6.78. The number of carbonyl (C=O) groups is 2. The van der Waals surface area contributed by atoms with Gasteiger partial charge in [-0.3, -0.25) is 0 Å². The molecule has 0 atom stereocenters. The van der Waals surface area contributed by atoms with E-state index in [1.807, 2.05) is 12.1 Å². The molecule has 0 N–H and O–H groups in total. The second-order valence-electron chi connectivity index (χ2n) is 12.2. The highest BCUT2D eigenvalue weighted by molar-refractivity contribution is 5.99. The Balaban J connectivity index is 1.31. The molecule has 0 fully saturated rings. The Labute approximate surface area is 263 Å². The fraction of sp³-hybridized carbons (Fsp3) is 0.200.